The molecule has 1 heterocycles. The van der Waals surface area contributed by atoms with Gasteiger partial charge in [0.1, 0.15) is 5.69 Å². The molecule has 88 valence electrons. The summed E-state index contributed by atoms with van der Waals surface area (Å²) in [4.78, 5) is 10.4. The van der Waals surface area contributed by atoms with Gasteiger partial charge in [-0.25, -0.2) is 9.97 Å². The van der Waals surface area contributed by atoms with Crippen LogP contribution in [0.1, 0.15) is 26.0 Å². The minimum absolute atomic E-state index is 0.00352. The monoisotopic (exact) mass is 223 g/mol. The van der Waals surface area contributed by atoms with Crippen molar-refractivity contribution in [2.45, 2.75) is 20.3 Å². The summed E-state index contributed by atoms with van der Waals surface area (Å²) in [5.74, 6) is 0.602. The highest BCUT2D eigenvalue weighted by molar-refractivity contribution is 5.95. The molecule has 0 aliphatic heterocycles. The van der Waals surface area contributed by atoms with Gasteiger partial charge in [-0.05, 0) is 19.4 Å². The Morgan fingerprint density at radius 1 is 1.56 bits per heavy atom. The van der Waals surface area contributed by atoms with Crippen LogP contribution in [0.3, 0.4) is 0 Å². The zero-order valence-corrected chi connectivity index (χ0v) is 9.59. The molecule has 0 amide bonds. The largest absolute Gasteiger partial charge is 0.409 e. The van der Waals surface area contributed by atoms with Gasteiger partial charge in [0.25, 0.3) is 0 Å². The lowest BCUT2D eigenvalue weighted by molar-refractivity contribution is 0.318. The molecule has 6 heteroatoms. The molecule has 0 aliphatic carbocycles. The van der Waals surface area contributed by atoms with Gasteiger partial charge in [0.15, 0.2) is 5.84 Å². The number of nitrogens with two attached hydrogens (primary N) is 1. The number of anilines is 1. The molecule has 16 heavy (non-hydrogen) atoms. The minimum atomic E-state index is -0.00352. The van der Waals surface area contributed by atoms with Crippen molar-refractivity contribution in [1.29, 1.82) is 0 Å². The Labute approximate surface area is 94.8 Å². The van der Waals surface area contributed by atoms with E-state index < -0.39 is 0 Å². The highest BCUT2D eigenvalue weighted by Gasteiger charge is 2.08. The first kappa shape index (κ1) is 12.2. The molecule has 0 aromatic carbocycles. The molecule has 0 radical (unpaired) electrons. The van der Waals surface area contributed by atoms with E-state index in [9.17, 15) is 0 Å². The van der Waals surface area contributed by atoms with Crippen LogP contribution >= 0.6 is 0 Å². The molecule has 3 N–H and O–H groups in total. The zero-order chi connectivity index (χ0) is 12.0. The summed E-state index contributed by atoms with van der Waals surface area (Å²) < 4.78 is 0. The van der Waals surface area contributed by atoms with Crippen LogP contribution < -0.4 is 10.6 Å². The summed E-state index contributed by atoms with van der Waals surface area (Å²) in [6.07, 6.45) is 2.62. The van der Waals surface area contributed by atoms with Gasteiger partial charge in [0.2, 0.25) is 5.95 Å². The van der Waals surface area contributed by atoms with Crippen LogP contribution in [0, 0.1) is 0 Å². The third-order valence-electron chi connectivity index (χ3n) is 2.17. The number of hydrogen-bond acceptors (Lipinski definition) is 5. The van der Waals surface area contributed by atoms with Crippen LogP contribution in [-0.2, 0) is 0 Å². The normalized spacial score (nSPS) is 11.5. The standard InChI is InChI=1S/C10H17N5O/c1-3-7-15(4-2)10-12-6-5-8(13-10)9(11)14-16/h5-6,16H,3-4,7H2,1-2H3,(H2,11,14). The van der Waals surface area contributed by atoms with Crippen molar-refractivity contribution < 1.29 is 5.21 Å². The summed E-state index contributed by atoms with van der Waals surface area (Å²) >= 11 is 0. The van der Waals surface area contributed by atoms with E-state index in [1.807, 2.05) is 11.8 Å². The van der Waals surface area contributed by atoms with Crippen molar-refractivity contribution in [2.24, 2.45) is 10.9 Å². The quantitative estimate of drug-likeness (QED) is 0.334. The van der Waals surface area contributed by atoms with E-state index >= 15 is 0 Å². The molecule has 6 nitrogen and oxygen atoms in total. The second-order valence-corrected chi connectivity index (χ2v) is 3.31. The smallest absolute Gasteiger partial charge is 0.225 e. The summed E-state index contributed by atoms with van der Waals surface area (Å²) in [5.41, 5.74) is 5.90. The average molecular weight is 223 g/mol. The first-order valence-electron chi connectivity index (χ1n) is 5.28. The van der Waals surface area contributed by atoms with E-state index in [2.05, 4.69) is 22.0 Å². The number of amidine groups is 1. The highest BCUT2D eigenvalue weighted by Crippen LogP contribution is 2.07. The Kier molecular flexibility index (Phi) is 4.50. The maximum atomic E-state index is 8.57. The number of rotatable bonds is 5. The van der Waals surface area contributed by atoms with Crippen LogP contribution in [0.4, 0.5) is 5.95 Å². The van der Waals surface area contributed by atoms with E-state index in [4.69, 9.17) is 10.9 Å². The van der Waals surface area contributed by atoms with Crippen LogP contribution in [-0.4, -0.2) is 34.1 Å². The lowest BCUT2D eigenvalue weighted by Gasteiger charge is -2.19. The van der Waals surface area contributed by atoms with Gasteiger partial charge in [-0.15, -0.1) is 0 Å². The van der Waals surface area contributed by atoms with E-state index in [0.717, 1.165) is 19.5 Å². The van der Waals surface area contributed by atoms with E-state index in [0.29, 0.717) is 11.6 Å². The molecule has 0 spiro atoms. The molecule has 0 saturated carbocycles. The third-order valence-corrected chi connectivity index (χ3v) is 2.17. The van der Waals surface area contributed by atoms with Crippen LogP contribution in [0.5, 0.6) is 0 Å². The zero-order valence-electron chi connectivity index (χ0n) is 9.59. The third kappa shape index (κ3) is 2.82. The second kappa shape index (κ2) is 5.89. The fraction of sp³-hybridized carbons (Fsp3) is 0.500. The Morgan fingerprint density at radius 2 is 2.31 bits per heavy atom. The molecular formula is C10H17N5O. The van der Waals surface area contributed by atoms with Gasteiger partial charge in [0.05, 0.1) is 0 Å². The van der Waals surface area contributed by atoms with E-state index in [1.165, 1.54) is 0 Å². The predicted octanol–water partition coefficient (Wildman–Crippen LogP) is 0.807. The van der Waals surface area contributed by atoms with Gasteiger partial charge < -0.3 is 15.8 Å². The predicted molar refractivity (Wildman–Crippen MR) is 62.7 cm³/mol. The van der Waals surface area contributed by atoms with Crippen molar-refractivity contribution in [3.8, 4) is 0 Å². The van der Waals surface area contributed by atoms with Gasteiger partial charge in [-0.3, -0.25) is 0 Å². The van der Waals surface area contributed by atoms with Gasteiger partial charge >= 0.3 is 0 Å². The van der Waals surface area contributed by atoms with E-state index in [1.54, 1.807) is 12.3 Å². The topological polar surface area (TPSA) is 87.6 Å². The van der Waals surface area contributed by atoms with Crippen molar-refractivity contribution in [2.75, 3.05) is 18.0 Å². The molecule has 1 rings (SSSR count). The molecule has 0 atom stereocenters. The lowest BCUT2D eigenvalue weighted by Crippen LogP contribution is -2.27. The molecule has 0 saturated heterocycles. The molecular weight excluding hydrogens is 206 g/mol. The molecule has 1 aromatic heterocycles. The maximum Gasteiger partial charge on any atom is 0.225 e. The first-order valence-corrected chi connectivity index (χ1v) is 5.28. The number of oxime groups is 1. The fourth-order valence-electron chi connectivity index (χ4n) is 1.36. The van der Waals surface area contributed by atoms with Gasteiger partial charge in [-0.2, -0.15) is 0 Å². The second-order valence-electron chi connectivity index (χ2n) is 3.31. The number of aromatic nitrogens is 2. The molecule has 0 unspecified atom stereocenters. The average Bonchev–Trinajstić information content (AvgIpc) is 2.35. The number of nitrogens with zero attached hydrogens (tertiary/aromatic N) is 4. The number of hydrogen-bond donors (Lipinski definition) is 2. The summed E-state index contributed by atoms with van der Waals surface area (Å²) in [5, 5.41) is 11.5. The molecule has 0 aliphatic rings. The Bertz CT molecular complexity index is 366. The fourth-order valence-corrected chi connectivity index (χ4v) is 1.36. The first-order chi connectivity index (χ1) is 7.72. The van der Waals surface area contributed by atoms with Crippen LogP contribution in [0.2, 0.25) is 0 Å². The van der Waals surface area contributed by atoms with Gasteiger partial charge in [0, 0.05) is 19.3 Å². The van der Waals surface area contributed by atoms with E-state index in [-0.39, 0.29) is 5.84 Å². The summed E-state index contributed by atoms with van der Waals surface area (Å²) in [6, 6.07) is 1.61. The Morgan fingerprint density at radius 3 is 2.88 bits per heavy atom. The Balaban J connectivity index is 2.96. The van der Waals surface area contributed by atoms with Crippen molar-refractivity contribution >= 4 is 11.8 Å². The molecule has 1 aromatic rings. The van der Waals surface area contributed by atoms with Gasteiger partial charge in [-0.1, -0.05) is 12.1 Å². The van der Waals surface area contributed by atoms with Crippen LogP contribution in [0.25, 0.3) is 0 Å². The Hall–Kier alpha value is -1.85. The highest BCUT2D eigenvalue weighted by atomic mass is 16.4. The van der Waals surface area contributed by atoms with Crippen LogP contribution in [0.15, 0.2) is 17.4 Å². The van der Waals surface area contributed by atoms with Crippen molar-refractivity contribution in [3.05, 3.63) is 18.0 Å². The maximum absolute atomic E-state index is 8.57. The van der Waals surface area contributed by atoms with Crippen molar-refractivity contribution in [1.82, 2.24) is 9.97 Å². The summed E-state index contributed by atoms with van der Waals surface area (Å²) in [7, 11) is 0. The lowest BCUT2D eigenvalue weighted by atomic mass is 10.4. The molecule has 0 fully saturated rings. The molecule has 0 bridgehead atoms. The summed E-state index contributed by atoms with van der Waals surface area (Å²) in [6.45, 7) is 5.84. The van der Waals surface area contributed by atoms with Crippen molar-refractivity contribution in [3.63, 3.8) is 0 Å². The SMILES string of the molecule is CCCN(CC)c1nccc(/C(N)=N/O)n1. The minimum Gasteiger partial charge on any atom is -0.409 e.